The van der Waals surface area contributed by atoms with Crippen molar-refractivity contribution in [2.24, 2.45) is 5.92 Å². The predicted molar refractivity (Wildman–Crippen MR) is 71.1 cm³/mol. The Balaban J connectivity index is 1.77. The van der Waals surface area contributed by atoms with Gasteiger partial charge in [0, 0.05) is 36.7 Å². The van der Waals surface area contributed by atoms with Crippen LogP contribution in [0.1, 0.15) is 17.5 Å². The van der Waals surface area contributed by atoms with Gasteiger partial charge in [0.1, 0.15) is 5.75 Å². The second-order valence-corrected chi connectivity index (χ2v) is 5.66. The quantitative estimate of drug-likeness (QED) is 0.910. The van der Waals surface area contributed by atoms with Gasteiger partial charge < -0.3 is 9.84 Å². The van der Waals surface area contributed by atoms with Gasteiger partial charge in [0.25, 0.3) is 0 Å². The molecule has 0 radical (unpaired) electrons. The molecule has 0 saturated carbocycles. The molecule has 1 fully saturated rings. The fraction of sp³-hybridized carbons (Fsp3) is 0.571. The van der Waals surface area contributed by atoms with Crippen LogP contribution in [0.5, 0.6) is 5.75 Å². The molecule has 4 heteroatoms. The first-order valence-electron chi connectivity index (χ1n) is 6.53. The highest BCUT2D eigenvalue weighted by molar-refractivity contribution is 6.30. The van der Waals surface area contributed by atoms with Crippen LogP contribution < -0.4 is 4.74 Å². The van der Waals surface area contributed by atoms with E-state index in [4.69, 9.17) is 16.3 Å². The minimum absolute atomic E-state index is 0.292. The number of fused-ring (bicyclic) bond motifs is 1. The molecule has 0 aliphatic carbocycles. The van der Waals surface area contributed by atoms with Gasteiger partial charge in [-0.3, -0.25) is 4.90 Å². The summed E-state index contributed by atoms with van der Waals surface area (Å²) in [4.78, 5) is 2.37. The second-order valence-electron chi connectivity index (χ2n) is 5.22. The van der Waals surface area contributed by atoms with E-state index in [0.717, 1.165) is 49.9 Å². The Bertz CT molecular complexity index is 450. The Labute approximate surface area is 112 Å². The summed E-state index contributed by atoms with van der Waals surface area (Å²) in [6.07, 6.45) is 2.04. The zero-order valence-corrected chi connectivity index (χ0v) is 11.1. The number of rotatable bonds is 3. The molecule has 1 unspecified atom stereocenters. The van der Waals surface area contributed by atoms with E-state index in [9.17, 15) is 5.11 Å². The van der Waals surface area contributed by atoms with Gasteiger partial charge in [0.2, 0.25) is 0 Å². The Morgan fingerprint density at radius 2 is 2.33 bits per heavy atom. The van der Waals surface area contributed by atoms with Gasteiger partial charge in [-0.1, -0.05) is 11.6 Å². The SMILES string of the molecule is OCC1CCN(Cc2cc(Cl)cc3c2OCC3)C1. The van der Waals surface area contributed by atoms with Crippen molar-refractivity contribution < 1.29 is 9.84 Å². The van der Waals surface area contributed by atoms with Gasteiger partial charge in [-0.2, -0.15) is 0 Å². The molecule has 1 atom stereocenters. The normalized spacial score (nSPS) is 23.1. The first kappa shape index (κ1) is 12.3. The van der Waals surface area contributed by atoms with Crippen LogP contribution in [0.15, 0.2) is 12.1 Å². The number of nitrogens with zero attached hydrogens (tertiary/aromatic N) is 1. The summed E-state index contributed by atoms with van der Waals surface area (Å²) in [5.41, 5.74) is 2.42. The lowest BCUT2D eigenvalue weighted by Crippen LogP contribution is -2.21. The number of ether oxygens (including phenoxy) is 1. The van der Waals surface area contributed by atoms with Crippen molar-refractivity contribution in [3.05, 3.63) is 28.3 Å². The van der Waals surface area contributed by atoms with Crippen molar-refractivity contribution >= 4 is 11.6 Å². The van der Waals surface area contributed by atoms with E-state index in [1.807, 2.05) is 12.1 Å². The molecule has 1 saturated heterocycles. The summed E-state index contributed by atoms with van der Waals surface area (Å²) in [7, 11) is 0. The molecule has 0 spiro atoms. The van der Waals surface area contributed by atoms with Gasteiger partial charge in [-0.15, -0.1) is 0 Å². The number of likely N-dealkylation sites (tertiary alicyclic amines) is 1. The summed E-state index contributed by atoms with van der Waals surface area (Å²) in [6.45, 7) is 3.95. The summed E-state index contributed by atoms with van der Waals surface area (Å²) in [5.74, 6) is 1.46. The van der Waals surface area contributed by atoms with E-state index >= 15 is 0 Å². The number of halogens is 1. The molecule has 0 amide bonds. The van der Waals surface area contributed by atoms with E-state index in [1.165, 1.54) is 11.1 Å². The maximum absolute atomic E-state index is 9.18. The van der Waals surface area contributed by atoms with Gasteiger partial charge in [-0.25, -0.2) is 0 Å². The molecule has 1 aromatic carbocycles. The number of aliphatic hydroxyl groups excluding tert-OH is 1. The molecule has 18 heavy (non-hydrogen) atoms. The van der Waals surface area contributed by atoms with Crippen LogP contribution in [-0.4, -0.2) is 36.3 Å². The number of aliphatic hydroxyl groups is 1. The lowest BCUT2D eigenvalue weighted by atomic mass is 10.1. The third kappa shape index (κ3) is 2.35. The smallest absolute Gasteiger partial charge is 0.127 e. The Morgan fingerprint density at radius 3 is 3.11 bits per heavy atom. The highest BCUT2D eigenvalue weighted by atomic mass is 35.5. The number of hydrogen-bond donors (Lipinski definition) is 1. The van der Waals surface area contributed by atoms with E-state index in [0.29, 0.717) is 12.5 Å². The zero-order valence-electron chi connectivity index (χ0n) is 10.4. The van der Waals surface area contributed by atoms with Crippen LogP contribution >= 0.6 is 11.6 Å². The monoisotopic (exact) mass is 267 g/mol. The fourth-order valence-electron chi connectivity index (χ4n) is 2.91. The van der Waals surface area contributed by atoms with Crippen LogP contribution in [0, 0.1) is 5.92 Å². The van der Waals surface area contributed by atoms with E-state index in [1.54, 1.807) is 0 Å². The molecule has 2 aliphatic rings. The molecule has 0 bridgehead atoms. The van der Waals surface area contributed by atoms with Crippen LogP contribution in [0.3, 0.4) is 0 Å². The van der Waals surface area contributed by atoms with Gasteiger partial charge >= 0.3 is 0 Å². The predicted octanol–water partition coefficient (Wildman–Crippen LogP) is 2.09. The zero-order chi connectivity index (χ0) is 12.5. The third-order valence-electron chi connectivity index (χ3n) is 3.85. The Morgan fingerprint density at radius 1 is 1.44 bits per heavy atom. The Kier molecular flexibility index (Phi) is 3.46. The molecule has 1 aromatic rings. The maximum Gasteiger partial charge on any atom is 0.127 e. The van der Waals surface area contributed by atoms with Crippen molar-refractivity contribution in [2.75, 3.05) is 26.3 Å². The van der Waals surface area contributed by atoms with Crippen molar-refractivity contribution in [3.63, 3.8) is 0 Å². The van der Waals surface area contributed by atoms with Crippen molar-refractivity contribution in [1.82, 2.24) is 4.90 Å². The average Bonchev–Trinajstić information content (AvgIpc) is 2.97. The molecule has 0 aromatic heterocycles. The molecule has 1 N–H and O–H groups in total. The van der Waals surface area contributed by atoms with Crippen LogP contribution in [0.4, 0.5) is 0 Å². The van der Waals surface area contributed by atoms with Gasteiger partial charge in [-0.05, 0) is 36.6 Å². The van der Waals surface area contributed by atoms with Crippen molar-refractivity contribution in [1.29, 1.82) is 0 Å². The van der Waals surface area contributed by atoms with Gasteiger partial charge in [0.05, 0.1) is 6.61 Å². The third-order valence-corrected chi connectivity index (χ3v) is 4.07. The number of benzene rings is 1. The van der Waals surface area contributed by atoms with E-state index in [2.05, 4.69) is 4.90 Å². The molecule has 2 heterocycles. The minimum atomic E-state index is 0.292. The average molecular weight is 268 g/mol. The molecule has 98 valence electrons. The lowest BCUT2D eigenvalue weighted by molar-refractivity contribution is 0.219. The highest BCUT2D eigenvalue weighted by Crippen LogP contribution is 2.34. The first-order valence-corrected chi connectivity index (χ1v) is 6.91. The van der Waals surface area contributed by atoms with Crippen LogP contribution in [0.25, 0.3) is 0 Å². The van der Waals surface area contributed by atoms with E-state index < -0.39 is 0 Å². The van der Waals surface area contributed by atoms with Crippen molar-refractivity contribution in [3.8, 4) is 5.75 Å². The summed E-state index contributed by atoms with van der Waals surface area (Å²) >= 11 is 6.16. The van der Waals surface area contributed by atoms with E-state index in [-0.39, 0.29) is 0 Å². The second kappa shape index (κ2) is 5.08. The molecule has 3 rings (SSSR count). The topological polar surface area (TPSA) is 32.7 Å². The lowest BCUT2D eigenvalue weighted by Gasteiger charge is -2.17. The molecule has 3 nitrogen and oxygen atoms in total. The van der Waals surface area contributed by atoms with Crippen LogP contribution in [0.2, 0.25) is 5.02 Å². The number of hydrogen-bond acceptors (Lipinski definition) is 3. The largest absolute Gasteiger partial charge is 0.493 e. The van der Waals surface area contributed by atoms with Crippen LogP contribution in [-0.2, 0) is 13.0 Å². The summed E-state index contributed by atoms with van der Waals surface area (Å²) in [5, 5.41) is 9.97. The minimum Gasteiger partial charge on any atom is -0.493 e. The van der Waals surface area contributed by atoms with Crippen molar-refractivity contribution in [2.45, 2.75) is 19.4 Å². The fourth-order valence-corrected chi connectivity index (χ4v) is 3.17. The van der Waals surface area contributed by atoms with Gasteiger partial charge in [0.15, 0.2) is 0 Å². The standard InChI is InChI=1S/C14H18ClNO2/c15-13-5-11-2-4-18-14(11)12(6-13)8-16-3-1-10(7-16)9-17/h5-6,10,17H,1-4,7-9H2. The molecular formula is C14H18ClNO2. The molecule has 2 aliphatic heterocycles. The summed E-state index contributed by atoms with van der Waals surface area (Å²) < 4.78 is 5.71. The Hall–Kier alpha value is -0.770. The molecular weight excluding hydrogens is 250 g/mol. The summed E-state index contributed by atoms with van der Waals surface area (Å²) in [6, 6.07) is 4.02. The first-order chi connectivity index (χ1) is 8.76. The highest BCUT2D eigenvalue weighted by Gasteiger charge is 2.24. The maximum atomic E-state index is 9.18.